The average Bonchev–Trinajstić information content (AvgIpc) is 2.90. The van der Waals surface area contributed by atoms with Crippen molar-refractivity contribution in [3.8, 4) is 5.75 Å². The van der Waals surface area contributed by atoms with E-state index in [4.69, 9.17) is 4.74 Å². The number of ether oxygens (including phenoxy) is 1. The van der Waals surface area contributed by atoms with Crippen molar-refractivity contribution in [1.29, 1.82) is 0 Å². The van der Waals surface area contributed by atoms with Gasteiger partial charge >= 0.3 is 0 Å². The van der Waals surface area contributed by atoms with E-state index in [1.54, 1.807) is 18.4 Å². The van der Waals surface area contributed by atoms with Crippen LogP contribution in [-0.2, 0) is 6.42 Å². The Morgan fingerprint density at radius 3 is 2.76 bits per heavy atom. The Balaban J connectivity index is 2.04. The molecular formula is C17H15BrO2S. The summed E-state index contributed by atoms with van der Waals surface area (Å²) in [6.45, 7) is 0. The Morgan fingerprint density at radius 2 is 2.05 bits per heavy atom. The summed E-state index contributed by atoms with van der Waals surface area (Å²) in [7, 11) is 1.64. The van der Waals surface area contributed by atoms with Crippen LogP contribution in [0.1, 0.15) is 16.5 Å². The molecule has 1 atom stereocenters. The molecular weight excluding hydrogens is 348 g/mol. The fraction of sp³-hybridized carbons (Fsp3) is 0.176. The average molecular weight is 363 g/mol. The minimum atomic E-state index is -0.586. The van der Waals surface area contributed by atoms with Crippen LogP contribution in [-0.4, -0.2) is 12.2 Å². The fourth-order valence-corrected chi connectivity index (χ4v) is 4.04. The zero-order valence-corrected chi connectivity index (χ0v) is 13.9. The van der Waals surface area contributed by atoms with Crippen molar-refractivity contribution in [2.45, 2.75) is 12.5 Å². The van der Waals surface area contributed by atoms with Gasteiger partial charge in [-0.15, -0.1) is 11.3 Å². The Labute approximate surface area is 136 Å². The molecule has 1 heterocycles. The van der Waals surface area contributed by atoms with E-state index < -0.39 is 6.10 Å². The molecule has 2 nitrogen and oxygen atoms in total. The van der Waals surface area contributed by atoms with Crippen LogP contribution in [0.15, 0.2) is 52.3 Å². The first-order valence-electron chi connectivity index (χ1n) is 6.65. The van der Waals surface area contributed by atoms with Gasteiger partial charge in [0.15, 0.2) is 0 Å². The SMILES string of the molecule is COc1ccc2ccccc2c1C(O)Cc1cc(Br)cs1. The number of hydrogen-bond donors (Lipinski definition) is 1. The van der Waals surface area contributed by atoms with E-state index in [-0.39, 0.29) is 0 Å². The molecule has 0 saturated heterocycles. The summed E-state index contributed by atoms with van der Waals surface area (Å²) < 4.78 is 6.51. The van der Waals surface area contributed by atoms with E-state index in [0.29, 0.717) is 6.42 Å². The molecule has 1 unspecified atom stereocenters. The van der Waals surface area contributed by atoms with Crippen molar-refractivity contribution in [3.05, 3.63) is 62.8 Å². The molecule has 21 heavy (non-hydrogen) atoms. The molecule has 0 aliphatic carbocycles. The molecule has 0 saturated carbocycles. The monoisotopic (exact) mass is 362 g/mol. The number of fused-ring (bicyclic) bond motifs is 1. The highest BCUT2D eigenvalue weighted by Gasteiger charge is 2.18. The van der Waals surface area contributed by atoms with Gasteiger partial charge in [0.2, 0.25) is 0 Å². The molecule has 3 rings (SSSR count). The second kappa shape index (κ2) is 6.18. The van der Waals surface area contributed by atoms with Crippen molar-refractivity contribution in [3.63, 3.8) is 0 Å². The van der Waals surface area contributed by atoms with Gasteiger partial charge in [-0.05, 0) is 38.8 Å². The van der Waals surface area contributed by atoms with Crippen molar-refractivity contribution in [1.82, 2.24) is 0 Å². The van der Waals surface area contributed by atoms with Gasteiger partial charge in [0.1, 0.15) is 5.75 Å². The van der Waals surface area contributed by atoms with E-state index in [1.165, 1.54) is 0 Å². The van der Waals surface area contributed by atoms with Gasteiger partial charge in [0, 0.05) is 26.7 Å². The first-order valence-corrected chi connectivity index (χ1v) is 8.33. The van der Waals surface area contributed by atoms with Gasteiger partial charge in [-0.1, -0.05) is 30.3 Å². The largest absolute Gasteiger partial charge is 0.496 e. The Kier molecular flexibility index (Phi) is 4.29. The van der Waals surface area contributed by atoms with Crippen molar-refractivity contribution in [2.75, 3.05) is 7.11 Å². The molecule has 0 spiro atoms. The smallest absolute Gasteiger partial charge is 0.125 e. The number of aliphatic hydroxyl groups excluding tert-OH is 1. The maximum Gasteiger partial charge on any atom is 0.125 e. The lowest BCUT2D eigenvalue weighted by Gasteiger charge is -2.17. The lowest BCUT2D eigenvalue weighted by atomic mass is 9.97. The van der Waals surface area contributed by atoms with Crippen molar-refractivity contribution in [2.24, 2.45) is 0 Å². The summed E-state index contributed by atoms with van der Waals surface area (Å²) in [5.41, 5.74) is 0.861. The topological polar surface area (TPSA) is 29.5 Å². The van der Waals surface area contributed by atoms with Crippen LogP contribution in [0.25, 0.3) is 10.8 Å². The quantitative estimate of drug-likeness (QED) is 0.711. The summed E-state index contributed by atoms with van der Waals surface area (Å²) >= 11 is 5.09. The number of aliphatic hydroxyl groups is 1. The summed E-state index contributed by atoms with van der Waals surface area (Å²) in [6.07, 6.45) is -0.00252. The van der Waals surface area contributed by atoms with E-state index in [9.17, 15) is 5.11 Å². The highest BCUT2D eigenvalue weighted by atomic mass is 79.9. The first kappa shape index (κ1) is 14.6. The molecule has 4 heteroatoms. The number of benzene rings is 2. The standard InChI is InChI=1S/C17H15BrO2S/c1-20-16-7-6-11-4-2-3-5-14(11)17(16)15(19)9-13-8-12(18)10-21-13/h2-8,10,15,19H,9H2,1H3. The van der Waals surface area contributed by atoms with Crippen molar-refractivity contribution >= 4 is 38.0 Å². The highest BCUT2D eigenvalue weighted by molar-refractivity contribution is 9.10. The van der Waals surface area contributed by atoms with Crippen LogP contribution in [0.5, 0.6) is 5.75 Å². The highest BCUT2D eigenvalue weighted by Crippen LogP contribution is 2.35. The number of thiophene rings is 1. The molecule has 1 aromatic heterocycles. The van der Waals surface area contributed by atoms with Crippen LogP contribution >= 0.6 is 27.3 Å². The van der Waals surface area contributed by atoms with Gasteiger partial charge in [0.05, 0.1) is 13.2 Å². The van der Waals surface area contributed by atoms with Crippen molar-refractivity contribution < 1.29 is 9.84 Å². The Morgan fingerprint density at radius 1 is 1.24 bits per heavy atom. The van der Waals surface area contributed by atoms with Crippen LogP contribution in [0, 0.1) is 0 Å². The third-order valence-corrected chi connectivity index (χ3v) is 5.22. The summed E-state index contributed by atoms with van der Waals surface area (Å²) in [5, 5.41) is 14.9. The molecule has 1 N–H and O–H groups in total. The zero-order valence-electron chi connectivity index (χ0n) is 11.5. The first-order chi connectivity index (χ1) is 10.2. The lowest BCUT2D eigenvalue weighted by molar-refractivity contribution is 0.176. The van der Waals surface area contributed by atoms with Crippen LogP contribution < -0.4 is 4.74 Å². The van der Waals surface area contributed by atoms with Gasteiger partial charge in [-0.25, -0.2) is 0 Å². The molecule has 0 amide bonds. The molecule has 2 aromatic carbocycles. The minimum absolute atomic E-state index is 0.584. The van der Waals surface area contributed by atoms with Crippen LogP contribution in [0.3, 0.4) is 0 Å². The van der Waals surface area contributed by atoms with Crippen LogP contribution in [0.4, 0.5) is 0 Å². The Hall–Kier alpha value is -1.36. The van der Waals surface area contributed by atoms with Crippen LogP contribution in [0.2, 0.25) is 0 Å². The Bertz CT molecular complexity index is 766. The summed E-state index contributed by atoms with van der Waals surface area (Å²) in [4.78, 5) is 1.14. The number of rotatable bonds is 4. The minimum Gasteiger partial charge on any atom is -0.496 e. The normalized spacial score (nSPS) is 12.5. The third kappa shape index (κ3) is 2.98. The number of halogens is 1. The van der Waals surface area contributed by atoms with E-state index in [2.05, 4.69) is 15.9 Å². The molecule has 0 radical (unpaired) electrons. The van der Waals surface area contributed by atoms with E-state index in [0.717, 1.165) is 31.4 Å². The van der Waals surface area contributed by atoms with Gasteiger partial charge in [-0.2, -0.15) is 0 Å². The molecule has 0 aliphatic heterocycles. The fourth-order valence-electron chi connectivity index (χ4n) is 2.55. The van der Waals surface area contributed by atoms with Gasteiger partial charge in [0.25, 0.3) is 0 Å². The molecule has 0 fully saturated rings. The summed E-state index contributed by atoms with van der Waals surface area (Å²) in [5.74, 6) is 0.733. The molecule has 0 bridgehead atoms. The van der Waals surface area contributed by atoms with Gasteiger partial charge in [-0.3, -0.25) is 0 Å². The predicted octanol–water partition coefficient (Wildman–Crippen LogP) is 4.95. The van der Waals surface area contributed by atoms with E-state index in [1.807, 2.05) is 47.8 Å². The lowest BCUT2D eigenvalue weighted by Crippen LogP contribution is -2.04. The molecule has 0 aliphatic rings. The van der Waals surface area contributed by atoms with Gasteiger partial charge < -0.3 is 9.84 Å². The maximum atomic E-state index is 10.7. The molecule has 108 valence electrons. The number of methoxy groups -OCH3 is 1. The second-order valence-corrected chi connectivity index (χ2v) is 6.77. The van der Waals surface area contributed by atoms with E-state index >= 15 is 0 Å². The number of hydrogen-bond acceptors (Lipinski definition) is 3. The third-order valence-electron chi connectivity index (χ3n) is 3.50. The maximum absolute atomic E-state index is 10.7. The summed E-state index contributed by atoms with van der Waals surface area (Å²) in [6, 6.07) is 14.1. The molecule has 3 aromatic rings. The second-order valence-electron chi connectivity index (χ2n) is 4.85. The zero-order chi connectivity index (χ0) is 14.8. The predicted molar refractivity (Wildman–Crippen MR) is 91.2 cm³/mol.